The second kappa shape index (κ2) is 7.23. The van der Waals surface area contributed by atoms with Crippen LogP contribution in [0.1, 0.15) is 5.56 Å². The third-order valence-electron chi connectivity index (χ3n) is 3.45. The molecule has 0 atom stereocenters. The number of hydrogen-bond donors (Lipinski definition) is 0. The molecule has 0 aliphatic carbocycles. The molecule has 0 saturated carbocycles. The molecule has 112 valence electrons. The van der Waals surface area contributed by atoms with Gasteiger partial charge >= 0.3 is 0 Å². The monoisotopic (exact) mass is 305 g/mol. The molecule has 0 spiro atoms. The number of benzene rings is 2. The summed E-state index contributed by atoms with van der Waals surface area (Å²) in [5.41, 5.74) is 2.24. The molecule has 0 radical (unpaired) electrons. The third-order valence-corrected chi connectivity index (χ3v) is 3.77. The largest absolute Gasteiger partial charge is 0.493 e. The number of anilines is 1. The minimum atomic E-state index is 0.751. The highest BCUT2D eigenvalue weighted by atomic mass is 35.5. The summed E-state index contributed by atoms with van der Waals surface area (Å²) in [5, 5.41) is 0.771. The Balaban J connectivity index is 2.04. The van der Waals surface area contributed by atoms with Crippen molar-refractivity contribution in [3.63, 3.8) is 0 Å². The zero-order valence-corrected chi connectivity index (χ0v) is 13.4. The zero-order valence-electron chi connectivity index (χ0n) is 12.6. The van der Waals surface area contributed by atoms with Gasteiger partial charge in [0.2, 0.25) is 0 Å². The molecule has 0 unspecified atom stereocenters. The van der Waals surface area contributed by atoms with Crippen molar-refractivity contribution in [3.05, 3.63) is 53.1 Å². The molecule has 0 aliphatic rings. The Morgan fingerprint density at radius 1 is 1.00 bits per heavy atom. The second-order valence-corrected chi connectivity index (χ2v) is 5.22. The first-order valence-corrected chi connectivity index (χ1v) is 7.20. The molecule has 0 amide bonds. The quantitative estimate of drug-likeness (QED) is 0.804. The zero-order chi connectivity index (χ0) is 15.2. The Bertz CT molecular complexity index is 601. The van der Waals surface area contributed by atoms with Gasteiger partial charge in [-0.2, -0.15) is 0 Å². The van der Waals surface area contributed by atoms with E-state index in [-0.39, 0.29) is 0 Å². The third kappa shape index (κ3) is 3.82. The number of likely N-dealkylation sites (N-methyl/N-ethyl adjacent to an activating group) is 1. The molecule has 0 bridgehead atoms. The van der Waals surface area contributed by atoms with Gasteiger partial charge in [-0.25, -0.2) is 0 Å². The molecule has 4 heteroatoms. The number of halogens is 1. The topological polar surface area (TPSA) is 21.7 Å². The van der Waals surface area contributed by atoms with E-state index in [1.165, 1.54) is 5.56 Å². The van der Waals surface area contributed by atoms with Crippen LogP contribution in [0.25, 0.3) is 0 Å². The van der Waals surface area contributed by atoms with Gasteiger partial charge in [0.15, 0.2) is 11.5 Å². The van der Waals surface area contributed by atoms with E-state index in [2.05, 4.69) is 11.0 Å². The molecule has 0 aromatic heterocycles. The van der Waals surface area contributed by atoms with E-state index in [0.717, 1.165) is 35.2 Å². The average molecular weight is 306 g/mol. The number of methoxy groups -OCH3 is 2. The van der Waals surface area contributed by atoms with Gasteiger partial charge in [0.25, 0.3) is 0 Å². The Kier molecular flexibility index (Phi) is 5.34. The van der Waals surface area contributed by atoms with E-state index in [1.54, 1.807) is 14.2 Å². The van der Waals surface area contributed by atoms with Gasteiger partial charge in [-0.3, -0.25) is 0 Å². The molecule has 2 aromatic rings. The predicted molar refractivity (Wildman–Crippen MR) is 88.0 cm³/mol. The summed E-state index contributed by atoms with van der Waals surface area (Å²) in [6.45, 7) is 0.874. The molecule has 0 saturated heterocycles. The lowest BCUT2D eigenvalue weighted by Crippen LogP contribution is -2.20. The summed E-state index contributed by atoms with van der Waals surface area (Å²) < 4.78 is 10.6. The van der Waals surface area contributed by atoms with Crippen molar-refractivity contribution in [1.82, 2.24) is 0 Å². The summed E-state index contributed by atoms with van der Waals surface area (Å²) in [6.07, 6.45) is 0.905. The molecule has 3 nitrogen and oxygen atoms in total. The van der Waals surface area contributed by atoms with Crippen LogP contribution in [0.15, 0.2) is 42.5 Å². The maximum atomic E-state index is 6.21. The summed E-state index contributed by atoms with van der Waals surface area (Å²) in [5.74, 6) is 1.51. The van der Waals surface area contributed by atoms with E-state index in [0.29, 0.717) is 0 Å². The molecular formula is C17H20ClNO2. The van der Waals surface area contributed by atoms with Crippen LogP contribution in [0.2, 0.25) is 5.02 Å². The van der Waals surface area contributed by atoms with Crippen LogP contribution in [0, 0.1) is 0 Å². The van der Waals surface area contributed by atoms with Crippen molar-refractivity contribution in [2.45, 2.75) is 6.42 Å². The smallest absolute Gasteiger partial charge is 0.160 e. The van der Waals surface area contributed by atoms with Crippen molar-refractivity contribution in [2.75, 3.05) is 32.7 Å². The van der Waals surface area contributed by atoms with E-state index < -0.39 is 0 Å². The Hall–Kier alpha value is -1.87. The van der Waals surface area contributed by atoms with Crippen molar-refractivity contribution in [2.24, 2.45) is 0 Å². The van der Waals surface area contributed by atoms with Crippen LogP contribution in [-0.2, 0) is 6.42 Å². The Morgan fingerprint density at radius 3 is 2.38 bits per heavy atom. The highest BCUT2D eigenvalue weighted by Crippen LogP contribution is 2.28. The lowest BCUT2D eigenvalue weighted by molar-refractivity contribution is 0.354. The number of rotatable bonds is 6. The SMILES string of the molecule is COc1ccc(CCN(C)c2ccccc2Cl)cc1OC. The van der Waals surface area contributed by atoms with E-state index in [4.69, 9.17) is 21.1 Å². The standard InChI is InChI=1S/C17H20ClNO2/c1-19(15-7-5-4-6-14(15)18)11-10-13-8-9-16(20-2)17(12-13)21-3/h4-9,12H,10-11H2,1-3H3. The summed E-state index contributed by atoms with van der Waals surface area (Å²) in [7, 11) is 5.34. The number of nitrogens with zero attached hydrogens (tertiary/aromatic N) is 1. The van der Waals surface area contributed by atoms with Crippen molar-refractivity contribution >= 4 is 17.3 Å². The van der Waals surface area contributed by atoms with Gasteiger partial charge in [0.05, 0.1) is 24.9 Å². The fourth-order valence-corrected chi connectivity index (χ4v) is 2.49. The lowest BCUT2D eigenvalue weighted by Gasteiger charge is -2.20. The summed E-state index contributed by atoms with van der Waals surface area (Å²) in [6, 6.07) is 13.9. The van der Waals surface area contributed by atoms with Gasteiger partial charge in [0.1, 0.15) is 0 Å². The fourth-order valence-electron chi connectivity index (χ4n) is 2.21. The van der Waals surface area contributed by atoms with Crippen molar-refractivity contribution in [3.8, 4) is 11.5 Å². The average Bonchev–Trinajstić information content (AvgIpc) is 2.52. The Morgan fingerprint density at radius 2 is 1.71 bits per heavy atom. The lowest BCUT2D eigenvalue weighted by atomic mass is 10.1. The molecule has 2 aromatic carbocycles. The first-order chi connectivity index (χ1) is 10.2. The first kappa shape index (κ1) is 15.5. The molecule has 2 rings (SSSR count). The van der Waals surface area contributed by atoms with Gasteiger partial charge < -0.3 is 14.4 Å². The summed E-state index contributed by atoms with van der Waals surface area (Å²) in [4.78, 5) is 2.15. The van der Waals surface area contributed by atoms with Crippen LogP contribution in [0.4, 0.5) is 5.69 Å². The number of hydrogen-bond acceptors (Lipinski definition) is 3. The fraction of sp³-hybridized carbons (Fsp3) is 0.294. The number of para-hydroxylation sites is 1. The van der Waals surface area contributed by atoms with Crippen LogP contribution in [-0.4, -0.2) is 27.8 Å². The van der Waals surface area contributed by atoms with Crippen LogP contribution in [0.3, 0.4) is 0 Å². The van der Waals surface area contributed by atoms with Crippen molar-refractivity contribution in [1.29, 1.82) is 0 Å². The maximum absolute atomic E-state index is 6.21. The normalized spacial score (nSPS) is 10.3. The maximum Gasteiger partial charge on any atom is 0.160 e. The van der Waals surface area contributed by atoms with Crippen LogP contribution >= 0.6 is 11.6 Å². The van der Waals surface area contributed by atoms with Crippen LogP contribution < -0.4 is 14.4 Å². The molecule has 0 heterocycles. The van der Waals surface area contributed by atoms with E-state index in [1.807, 2.05) is 43.4 Å². The Labute approximate surface area is 131 Å². The predicted octanol–water partition coefficient (Wildman–Crippen LogP) is 4.04. The number of ether oxygens (including phenoxy) is 2. The molecule has 21 heavy (non-hydrogen) atoms. The van der Waals surface area contributed by atoms with Gasteiger partial charge in [-0.05, 0) is 36.2 Å². The van der Waals surface area contributed by atoms with Gasteiger partial charge in [0, 0.05) is 13.6 Å². The highest BCUT2D eigenvalue weighted by Gasteiger charge is 2.08. The van der Waals surface area contributed by atoms with Gasteiger partial charge in [-0.1, -0.05) is 29.8 Å². The summed E-state index contributed by atoms with van der Waals surface area (Å²) >= 11 is 6.21. The molecule has 0 fully saturated rings. The second-order valence-electron chi connectivity index (χ2n) is 4.81. The minimum Gasteiger partial charge on any atom is -0.493 e. The molecule has 0 N–H and O–H groups in total. The van der Waals surface area contributed by atoms with Crippen LogP contribution in [0.5, 0.6) is 11.5 Å². The van der Waals surface area contributed by atoms with Gasteiger partial charge in [-0.15, -0.1) is 0 Å². The van der Waals surface area contributed by atoms with E-state index in [9.17, 15) is 0 Å². The minimum absolute atomic E-state index is 0.751. The molecular weight excluding hydrogens is 286 g/mol. The first-order valence-electron chi connectivity index (χ1n) is 6.82. The molecule has 0 aliphatic heterocycles. The highest BCUT2D eigenvalue weighted by molar-refractivity contribution is 6.33. The van der Waals surface area contributed by atoms with Crippen molar-refractivity contribution < 1.29 is 9.47 Å². The van der Waals surface area contributed by atoms with E-state index >= 15 is 0 Å².